The minimum atomic E-state index is -0.327. The molecule has 0 unspecified atom stereocenters. The standard InChI is InChI=1S/C68H40B2N4O3/c1-5-21-41(22-6-1)71-52-38-53-50(37-49(52)69-48-32-16-17-33-51(48)73(43-25-9-3-10-26-43)66-61-45-29-13-18-34-56(45)75-59(61)39-54(71)63(66)69)70-64-55(72(53)42-23-7-2-8-24-42)40-60-62(46-30-14-19-35-57(46)76-60)67(64)74(44-27-11-4-12-28-44)65-47-31-15-20-36-58(47)77-68(65)70/h1-40H. The van der Waals surface area contributed by atoms with E-state index in [4.69, 9.17) is 13.3 Å². The van der Waals surface area contributed by atoms with Crippen molar-refractivity contribution in [2.45, 2.75) is 0 Å². The van der Waals surface area contributed by atoms with E-state index < -0.39 is 0 Å². The molecule has 18 rings (SSSR count). The van der Waals surface area contributed by atoms with Crippen LogP contribution in [0.1, 0.15) is 0 Å². The van der Waals surface area contributed by atoms with Gasteiger partial charge in [-0.1, -0.05) is 146 Å². The molecule has 0 aliphatic carbocycles. The summed E-state index contributed by atoms with van der Waals surface area (Å²) in [5.74, 6) is 0. The Labute approximate surface area is 442 Å². The van der Waals surface area contributed by atoms with Crippen molar-refractivity contribution in [1.29, 1.82) is 0 Å². The zero-order valence-corrected chi connectivity index (χ0v) is 41.3. The lowest BCUT2D eigenvalue weighted by atomic mass is 9.31. The molecule has 7 heterocycles. The minimum Gasteiger partial charge on any atom is -0.468 e. The van der Waals surface area contributed by atoms with E-state index in [-0.39, 0.29) is 13.4 Å². The lowest BCUT2D eigenvalue weighted by Gasteiger charge is -2.46. The van der Waals surface area contributed by atoms with Gasteiger partial charge >= 0.3 is 0 Å². The number of rotatable bonds is 4. The lowest BCUT2D eigenvalue weighted by molar-refractivity contribution is 0.651. The second-order valence-electron chi connectivity index (χ2n) is 20.6. The number of fused-ring (bicyclic) bond motifs is 18. The molecule has 0 fully saturated rings. The van der Waals surface area contributed by atoms with Crippen LogP contribution in [-0.4, -0.2) is 13.4 Å². The molecular weight excluding hydrogens is 942 g/mol. The van der Waals surface area contributed by atoms with E-state index >= 15 is 0 Å². The molecule has 0 amide bonds. The smallest absolute Gasteiger partial charge is 0.297 e. The highest BCUT2D eigenvalue weighted by molar-refractivity contribution is 7.03. The number of hydrogen-bond donors (Lipinski definition) is 0. The highest BCUT2D eigenvalue weighted by Gasteiger charge is 2.51. The van der Waals surface area contributed by atoms with Crippen LogP contribution in [-0.2, 0) is 0 Å². The van der Waals surface area contributed by atoms with Crippen molar-refractivity contribution in [3.63, 3.8) is 0 Å². The van der Waals surface area contributed by atoms with Crippen molar-refractivity contribution in [3.05, 3.63) is 243 Å². The third-order valence-corrected chi connectivity index (χ3v) is 16.7. The zero-order chi connectivity index (χ0) is 50.0. The minimum absolute atomic E-state index is 0.180. The number of benzene rings is 11. The first-order valence-corrected chi connectivity index (χ1v) is 26.4. The van der Waals surface area contributed by atoms with Crippen LogP contribution in [0.25, 0.3) is 54.8 Å². The van der Waals surface area contributed by atoms with Crippen LogP contribution in [0.15, 0.2) is 256 Å². The number of anilines is 12. The second kappa shape index (κ2) is 15.2. The summed E-state index contributed by atoms with van der Waals surface area (Å²) in [4.78, 5) is 9.92. The molecular formula is C68H40B2N4O3. The highest BCUT2D eigenvalue weighted by atomic mass is 16.3. The Morgan fingerprint density at radius 1 is 0.260 bits per heavy atom. The van der Waals surface area contributed by atoms with E-state index in [1.54, 1.807) is 0 Å². The highest BCUT2D eigenvalue weighted by Crippen LogP contribution is 2.54. The first-order chi connectivity index (χ1) is 38.2. The van der Waals surface area contributed by atoms with Crippen LogP contribution >= 0.6 is 0 Å². The van der Waals surface area contributed by atoms with Gasteiger partial charge in [-0.25, -0.2) is 0 Å². The van der Waals surface area contributed by atoms with E-state index in [2.05, 4.69) is 262 Å². The second-order valence-corrected chi connectivity index (χ2v) is 20.6. The molecule has 4 aliphatic rings. The summed E-state index contributed by atoms with van der Waals surface area (Å²) in [6, 6.07) is 87.6. The molecule has 3 aromatic heterocycles. The molecule has 77 heavy (non-hydrogen) atoms. The van der Waals surface area contributed by atoms with E-state index in [0.717, 1.165) is 134 Å². The van der Waals surface area contributed by atoms with Gasteiger partial charge in [-0.05, 0) is 112 Å². The van der Waals surface area contributed by atoms with Gasteiger partial charge in [0.1, 0.15) is 27.9 Å². The zero-order valence-electron chi connectivity index (χ0n) is 41.3. The van der Waals surface area contributed by atoms with Crippen molar-refractivity contribution >= 4 is 169 Å². The predicted molar refractivity (Wildman–Crippen MR) is 319 cm³/mol. The Balaban J connectivity index is 1.02. The lowest BCUT2D eigenvalue weighted by Crippen LogP contribution is -2.65. The number of nitrogens with zero attached hydrogens (tertiary/aromatic N) is 4. The first kappa shape index (κ1) is 41.3. The molecule has 4 aliphatic heterocycles. The maximum absolute atomic E-state index is 7.43. The average molecular weight is 983 g/mol. The van der Waals surface area contributed by atoms with Gasteiger partial charge in [0.05, 0.1) is 33.5 Å². The quantitative estimate of drug-likeness (QED) is 0.163. The third kappa shape index (κ3) is 5.46. The van der Waals surface area contributed by atoms with E-state index in [9.17, 15) is 0 Å². The molecule has 356 valence electrons. The Morgan fingerprint density at radius 3 is 1.23 bits per heavy atom. The molecule has 0 N–H and O–H groups in total. The summed E-state index contributed by atoms with van der Waals surface area (Å²) in [6.45, 7) is -0.507. The van der Waals surface area contributed by atoms with Gasteiger partial charge in [0, 0.05) is 79.5 Å². The normalized spacial score (nSPS) is 13.8. The van der Waals surface area contributed by atoms with Gasteiger partial charge in [0.15, 0.2) is 0 Å². The molecule has 7 nitrogen and oxygen atoms in total. The van der Waals surface area contributed by atoms with Gasteiger partial charge in [-0.3, -0.25) is 0 Å². The van der Waals surface area contributed by atoms with Gasteiger partial charge < -0.3 is 32.9 Å². The van der Waals surface area contributed by atoms with Gasteiger partial charge in [0.2, 0.25) is 0 Å². The summed E-state index contributed by atoms with van der Waals surface area (Å²) < 4.78 is 21.4. The molecule has 0 bridgehead atoms. The summed E-state index contributed by atoms with van der Waals surface area (Å²) >= 11 is 0. The topological polar surface area (TPSA) is 52.4 Å². The van der Waals surface area contributed by atoms with Crippen molar-refractivity contribution in [2.24, 2.45) is 0 Å². The maximum atomic E-state index is 7.43. The van der Waals surface area contributed by atoms with E-state index in [1.807, 2.05) is 0 Å². The maximum Gasteiger partial charge on any atom is 0.297 e. The van der Waals surface area contributed by atoms with Crippen LogP contribution in [0, 0.1) is 0 Å². The molecule has 11 aromatic carbocycles. The van der Waals surface area contributed by atoms with Crippen LogP contribution in [0.5, 0.6) is 0 Å². The molecule has 0 radical (unpaired) electrons. The Bertz CT molecular complexity index is 4810. The van der Waals surface area contributed by atoms with Crippen molar-refractivity contribution in [2.75, 3.05) is 19.6 Å². The SMILES string of the molecule is c1ccc(N2c3cc4c(cc3B3c5ccccc5N(c5ccccc5)c5c3c2cc2oc3ccccc3c52)B2c3oc5ccccc5c3N(c3ccccc3)c3c2c(cc2oc5ccccc5c32)N4c2ccccc2)cc1. The van der Waals surface area contributed by atoms with Gasteiger partial charge in [0.25, 0.3) is 13.4 Å². The molecule has 0 saturated carbocycles. The summed E-state index contributed by atoms with van der Waals surface area (Å²) in [7, 11) is 0. The summed E-state index contributed by atoms with van der Waals surface area (Å²) in [6.07, 6.45) is 0. The molecule has 0 atom stereocenters. The fourth-order valence-corrected chi connectivity index (χ4v) is 13.8. The van der Waals surface area contributed by atoms with Gasteiger partial charge in [-0.15, -0.1) is 0 Å². The van der Waals surface area contributed by atoms with Crippen molar-refractivity contribution in [1.82, 2.24) is 0 Å². The van der Waals surface area contributed by atoms with Crippen molar-refractivity contribution in [3.8, 4) is 0 Å². The Morgan fingerprint density at radius 2 is 0.675 bits per heavy atom. The molecule has 14 aromatic rings. The van der Waals surface area contributed by atoms with Crippen LogP contribution < -0.4 is 52.6 Å². The van der Waals surface area contributed by atoms with Crippen LogP contribution in [0.3, 0.4) is 0 Å². The van der Waals surface area contributed by atoms with E-state index in [1.165, 1.54) is 21.9 Å². The monoisotopic (exact) mass is 982 g/mol. The molecule has 0 saturated heterocycles. The van der Waals surface area contributed by atoms with Crippen LogP contribution in [0.4, 0.5) is 68.2 Å². The fourth-order valence-electron chi connectivity index (χ4n) is 13.8. The fraction of sp³-hybridized carbons (Fsp3) is 0. The predicted octanol–water partition coefficient (Wildman–Crippen LogP) is 14.4. The molecule has 0 spiro atoms. The Kier molecular flexibility index (Phi) is 8.17. The van der Waals surface area contributed by atoms with E-state index in [0.29, 0.717) is 0 Å². The number of hydrogen-bond acceptors (Lipinski definition) is 7. The van der Waals surface area contributed by atoms with Crippen molar-refractivity contribution < 1.29 is 13.3 Å². The largest absolute Gasteiger partial charge is 0.468 e. The number of furan rings is 3. The van der Waals surface area contributed by atoms with Crippen LogP contribution in [0.2, 0.25) is 0 Å². The Hall–Kier alpha value is -10.1. The average Bonchev–Trinajstić information content (AvgIpc) is 4.41. The summed E-state index contributed by atoms with van der Waals surface area (Å²) in [5, 5.41) is 5.39. The van der Waals surface area contributed by atoms with Gasteiger partial charge in [-0.2, -0.15) is 0 Å². The number of para-hydroxylation sites is 8. The first-order valence-electron chi connectivity index (χ1n) is 26.4. The third-order valence-electron chi connectivity index (χ3n) is 16.7. The molecule has 9 heteroatoms. The summed E-state index contributed by atoms with van der Waals surface area (Å²) in [5.41, 5.74) is 24.0.